The Kier molecular flexibility index (Phi) is 5.40. The molecule has 0 bridgehead atoms. The van der Waals surface area contributed by atoms with Crippen molar-refractivity contribution in [2.24, 2.45) is 0 Å². The van der Waals surface area contributed by atoms with Gasteiger partial charge in [-0.2, -0.15) is 5.26 Å². The lowest BCUT2D eigenvalue weighted by Crippen LogP contribution is -2.12. The molecule has 0 radical (unpaired) electrons. The summed E-state index contributed by atoms with van der Waals surface area (Å²) in [7, 11) is 0. The van der Waals surface area contributed by atoms with Gasteiger partial charge in [0.25, 0.3) is 0 Å². The summed E-state index contributed by atoms with van der Waals surface area (Å²) in [6, 6.07) is 12.9. The zero-order valence-corrected chi connectivity index (χ0v) is 16.5. The molecule has 1 aromatic carbocycles. The van der Waals surface area contributed by atoms with E-state index in [1.807, 2.05) is 42.6 Å². The first kappa shape index (κ1) is 18.9. The number of aromatic nitrogens is 3. The Morgan fingerprint density at radius 3 is 2.97 bits per heavy atom. The lowest BCUT2D eigenvalue weighted by atomic mass is 10.2. The molecule has 0 fully saturated rings. The number of thiophene rings is 1. The number of nitrogens with zero attached hydrogens (tertiary/aromatic N) is 4. The van der Waals surface area contributed by atoms with Crippen molar-refractivity contribution >= 4 is 28.1 Å². The Balaban J connectivity index is 1.49. The van der Waals surface area contributed by atoms with Crippen LogP contribution in [-0.2, 0) is 6.54 Å². The predicted octanol–water partition coefficient (Wildman–Crippen LogP) is 4.68. The highest BCUT2D eigenvalue weighted by molar-refractivity contribution is 7.13. The number of para-hydroxylation sites is 1. The topological polar surface area (TPSA) is 75.8 Å². The number of fused-ring (bicyclic) bond motifs is 1. The molecule has 0 aliphatic heterocycles. The van der Waals surface area contributed by atoms with E-state index >= 15 is 0 Å². The Morgan fingerprint density at radius 2 is 2.14 bits per heavy atom. The van der Waals surface area contributed by atoms with E-state index in [4.69, 9.17) is 4.74 Å². The van der Waals surface area contributed by atoms with Gasteiger partial charge in [-0.3, -0.25) is 0 Å². The van der Waals surface area contributed by atoms with Crippen molar-refractivity contribution in [1.29, 1.82) is 5.26 Å². The molecule has 6 nitrogen and oxygen atoms in total. The number of anilines is 1. The fourth-order valence-corrected chi connectivity index (χ4v) is 3.98. The standard InChI is InChI=1S/C21H18FN5OS/c1-2-28-14-9-19(29-12-14)16-10-20(26-13-25-16)24-7-8-27-17-6-4-3-5-15(17)21(22)18(27)11-23/h3-6,9-10,12-13H,2,7-8H2,1H3,(H,24,25,26). The predicted molar refractivity (Wildman–Crippen MR) is 112 cm³/mol. The highest BCUT2D eigenvalue weighted by Crippen LogP contribution is 2.30. The van der Waals surface area contributed by atoms with Crippen LogP contribution >= 0.6 is 11.3 Å². The highest BCUT2D eigenvalue weighted by Gasteiger charge is 2.16. The van der Waals surface area contributed by atoms with Crippen molar-refractivity contribution in [2.75, 3.05) is 18.5 Å². The third-order valence-electron chi connectivity index (χ3n) is 4.46. The SMILES string of the molecule is CCOc1csc(-c2cc(NCCn3c(C#N)c(F)c4ccccc43)ncn2)c1. The minimum Gasteiger partial charge on any atom is -0.493 e. The molecule has 0 aliphatic rings. The van der Waals surface area contributed by atoms with Gasteiger partial charge in [0.1, 0.15) is 24.0 Å². The molecule has 0 saturated heterocycles. The van der Waals surface area contributed by atoms with Gasteiger partial charge in [0, 0.05) is 36.0 Å². The van der Waals surface area contributed by atoms with E-state index in [0.29, 0.717) is 36.4 Å². The van der Waals surface area contributed by atoms with Gasteiger partial charge in [0.15, 0.2) is 11.5 Å². The fourth-order valence-electron chi connectivity index (χ4n) is 3.18. The Hall–Kier alpha value is -3.44. The monoisotopic (exact) mass is 407 g/mol. The fraction of sp³-hybridized carbons (Fsp3) is 0.190. The number of rotatable bonds is 7. The molecular weight excluding hydrogens is 389 g/mol. The average Bonchev–Trinajstić information content (AvgIpc) is 3.32. The number of hydrogen-bond donors (Lipinski definition) is 1. The summed E-state index contributed by atoms with van der Waals surface area (Å²) in [4.78, 5) is 9.57. The van der Waals surface area contributed by atoms with Crippen LogP contribution in [0.2, 0.25) is 0 Å². The molecule has 0 saturated carbocycles. The van der Waals surface area contributed by atoms with Crippen LogP contribution in [0.15, 0.2) is 48.1 Å². The van der Waals surface area contributed by atoms with E-state index in [-0.39, 0.29) is 5.69 Å². The zero-order valence-electron chi connectivity index (χ0n) is 15.7. The number of nitriles is 1. The minimum absolute atomic E-state index is 0.0402. The van der Waals surface area contributed by atoms with Gasteiger partial charge in [-0.25, -0.2) is 14.4 Å². The highest BCUT2D eigenvalue weighted by atomic mass is 32.1. The molecule has 3 aromatic heterocycles. The first-order chi connectivity index (χ1) is 14.2. The lowest BCUT2D eigenvalue weighted by Gasteiger charge is -2.09. The van der Waals surface area contributed by atoms with E-state index in [2.05, 4.69) is 15.3 Å². The Morgan fingerprint density at radius 1 is 1.28 bits per heavy atom. The van der Waals surface area contributed by atoms with Gasteiger partial charge in [0.2, 0.25) is 0 Å². The minimum atomic E-state index is -0.477. The molecule has 1 N–H and O–H groups in total. The number of nitrogens with one attached hydrogen (secondary N) is 1. The van der Waals surface area contributed by atoms with Gasteiger partial charge < -0.3 is 14.6 Å². The molecule has 29 heavy (non-hydrogen) atoms. The summed E-state index contributed by atoms with van der Waals surface area (Å²) >= 11 is 1.56. The van der Waals surface area contributed by atoms with E-state index in [1.165, 1.54) is 6.33 Å². The van der Waals surface area contributed by atoms with Crippen LogP contribution in [0, 0.1) is 17.1 Å². The van der Waals surface area contributed by atoms with E-state index < -0.39 is 5.82 Å². The van der Waals surface area contributed by atoms with Gasteiger partial charge in [-0.05, 0) is 19.1 Å². The van der Waals surface area contributed by atoms with Crippen LogP contribution in [-0.4, -0.2) is 27.7 Å². The van der Waals surface area contributed by atoms with Crippen LogP contribution in [0.1, 0.15) is 12.6 Å². The second-order valence-corrected chi connectivity index (χ2v) is 7.15. The van der Waals surface area contributed by atoms with E-state index in [1.54, 1.807) is 28.0 Å². The molecule has 0 spiro atoms. The summed E-state index contributed by atoms with van der Waals surface area (Å²) in [5.74, 6) is 1.01. The van der Waals surface area contributed by atoms with Crippen LogP contribution in [0.3, 0.4) is 0 Å². The molecule has 0 atom stereocenters. The van der Waals surface area contributed by atoms with Gasteiger partial charge in [0.05, 0.1) is 22.7 Å². The van der Waals surface area contributed by atoms with E-state index in [9.17, 15) is 9.65 Å². The largest absolute Gasteiger partial charge is 0.493 e. The smallest absolute Gasteiger partial charge is 0.167 e. The lowest BCUT2D eigenvalue weighted by molar-refractivity contribution is 0.342. The second-order valence-electron chi connectivity index (χ2n) is 6.24. The van der Waals surface area contributed by atoms with Crippen molar-refractivity contribution in [3.05, 3.63) is 59.6 Å². The van der Waals surface area contributed by atoms with Gasteiger partial charge >= 0.3 is 0 Å². The van der Waals surface area contributed by atoms with Crippen molar-refractivity contribution < 1.29 is 9.13 Å². The van der Waals surface area contributed by atoms with Crippen LogP contribution < -0.4 is 10.1 Å². The number of hydrogen-bond acceptors (Lipinski definition) is 6. The summed E-state index contributed by atoms with van der Waals surface area (Å²) in [6.07, 6.45) is 1.50. The van der Waals surface area contributed by atoms with Crippen LogP contribution in [0.4, 0.5) is 10.2 Å². The quantitative estimate of drug-likeness (QED) is 0.481. The van der Waals surface area contributed by atoms with Crippen molar-refractivity contribution in [3.63, 3.8) is 0 Å². The summed E-state index contributed by atoms with van der Waals surface area (Å²) in [5.41, 5.74) is 1.54. The summed E-state index contributed by atoms with van der Waals surface area (Å²) < 4.78 is 21.6. The molecule has 3 heterocycles. The molecule has 8 heteroatoms. The number of halogens is 1. The van der Waals surface area contributed by atoms with Crippen LogP contribution in [0.25, 0.3) is 21.5 Å². The molecule has 0 unspecified atom stereocenters. The Labute approximate surface area is 171 Å². The molecule has 0 amide bonds. The maximum atomic E-state index is 14.4. The summed E-state index contributed by atoms with van der Waals surface area (Å²) in [6.45, 7) is 3.48. The Bertz CT molecular complexity index is 1190. The molecule has 4 aromatic rings. The third kappa shape index (κ3) is 3.77. The molecule has 146 valence electrons. The van der Waals surface area contributed by atoms with Gasteiger partial charge in [-0.1, -0.05) is 12.1 Å². The van der Waals surface area contributed by atoms with Crippen LogP contribution in [0.5, 0.6) is 5.75 Å². The normalized spacial score (nSPS) is 10.8. The molecular formula is C21H18FN5OS. The number of ether oxygens (including phenoxy) is 1. The maximum Gasteiger partial charge on any atom is 0.167 e. The summed E-state index contributed by atoms with van der Waals surface area (Å²) in [5, 5.41) is 15.0. The third-order valence-corrected chi connectivity index (χ3v) is 5.39. The zero-order chi connectivity index (χ0) is 20.2. The number of benzene rings is 1. The maximum absolute atomic E-state index is 14.4. The van der Waals surface area contributed by atoms with E-state index in [0.717, 1.165) is 16.3 Å². The molecule has 4 rings (SSSR count). The molecule has 0 aliphatic carbocycles. The van der Waals surface area contributed by atoms with Crippen molar-refractivity contribution in [1.82, 2.24) is 14.5 Å². The first-order valence-electron chi connectivity index (χ1n) is 9.15. The second kappa shape index (κ2) is 8.29. The average molecular weight is 407 g/mol. The first-order valence-corrected chi connectivity index (χ1v) is 10.0. The van der Waals surface area contributed by atoms with Crippen molar-refractivity contribution in [2.45, 2.75) is 13.5 Å². The van der Waals surface area contributed by atoms with Crippen molar-refractivity contribution in [3.8, 4) is 22.4 Å². The van der Waals surface area contributed by atoms with Gasteiger partial charge in [-0.15, -0.1) is 11.3 Å².